The second kappa shape index (κ2) is 6.41. The van der Waals surface area contributed by atoms with E-state index in [0.717, 1.165) is 56.1 Å². The minimum Gasteiger partial charge on any atom is -0.478 e. The predicted molar refractivity (Wildman–Crippen MR) is 125 cm³/mol. The van der Waals surface area contributed by atoms with Crippen molar-refractivity contribution < 1.29 is 4.74 Å². The van der Waals surface area contributed by atoms with Gasteiger partial charge in [-0.25, -0.2) is 0 Å². The van der Waals surface area contributed by atoms with Crippen molar-refractivity contribution >= 4 is 40.1 Å². The minimum absolute atomic E-state index is 0.0168. The summed E-state index contributed by atoms with van der Waals surface area (Å²) in [4.78, 5) is -0.896. The van der Waals surface area contributed by atoms with Gasteiger partial charge in [-0.15, -0.1) is 23.2 Å². The summed E-state index contributed by atoms with van der Waals surface area (Å²) in [5.74, 6) is 0.967. The van der Waals surface area contributed by atoms with Gasteiger partial charge in [0.25, 0.3) is 0 Å². The SMILES string of the molecule is CC(C)(C)c1cc2ccccc2c2c1C=CC1(O2)C2(Cl)CCCCC1(Cl)CCC2. The molecule has 2 fully saturated rings. The van der Waals surface area contributed by atoms with Crippen molar-refractivity contribution in [1.29, 1.82) is 0 Å². The Bertz CT molecular complexity index is 982. The van der Waals surface area contributed by atoms with Gasteiger partial charge < -0.3 is 4.74 Å². The molecule has 2 atom stereocenters. The summed E-state index contributed by atoms with van der Waals surface area (Å²) in [5.41, 5.74) is 1.85. The van der Waals surface area contributed by atoms with E-state index >= 15 is 0 Å². The first-order valence-electron chi connectivity index (χ1n) is 11.0. The van der Waals surface area contributed by atoms with Crippen LogP contribution in [0.5, 0.6) is 5.75 Å². The summed E-state index contributed by atoms with van der Waals surface area (Å²) in [7, 11) is 0. The quantitative estimate of drug-likeness (QED) is 0.386. The van der Waals surface area contributed by atoms with E-state index in [4.69, 9.17) is 27.9 Å². The molecule has 154 valence electrons. The molecular weight excluding hydrogens is 399 g/mol. The summed E-state index contributed by atoms with van der Waals surface area (Å²) in [6.45, 7) is 6.80. The third-order valence-electron chi connectivity index (χ3n) is 7.47. The molecule has 2 aromatic rings. The molecule has 0 N–H and O–H groups in total. The lowest BCUT2D eigenvalue weighted by Crippen LogP contribution is -2.67. The average molecular weight is 429 g/mol. The van der Waals surface area contributed by atoms with Gasteiger partial charge in [0, 0.05) is 10.9 Å². The maximum Gasteiger partial charge on any atom is 0.165 e. The van der Waals surface area contributed by atoms with Gasteiger partial charge in [-0.2, -0.15) is 0 Å². The molecule has 1 nitrogen and oxygen atoms in total. The normalized spacial score (nSPS) is 34.0. The summed E-state index contributed by atoms with van der Waals surface area (Å²) in [6.07, 6.45) is 11.7. The Morgan fingerprint density at radius 3 is 2.17 bits per heavy atom. The Kier molecular flexibility index (Phi) is 4.37. The van der Waals surface area contributed by atoms with Crippen molar-refractivity contribution in [1.82, 2.24) is 0 Å². The number of alkyl halides is 2. The van der Waals surface area contributed by atoms with Crippen LogP contribution in [0, 0.1) is 0 Å². The van der Waals surface area contributed by atoms with Gasteiger partial charge in [0.05, 0.1) is 9.75 Å². The first-order chi connectivity index (χ1) is 13.7. The Hall–Kier alpha value is -1.18. The van der Waals surface area contributed by atoms with Crippen LogP contribution in [0.25, 0.3) is 16.8 Å². The largest absolute Gasteiger partial charge is 0.478 e. The van der Waals surface area contributed by atoms with E-state index in [0.29, 0.717) is 0 Å². The maximum absolute atomic E-state index is 7.42. The highest BCUT2D eigenvalue weighted by Gasteiger charge is 2.66. The van der Waals surface area contributed by atoms with Crippen LogP contribution in [0.2, 0.25) is 0 Å². The molecule has 2 unspecified atom stereocenters. The molecule has 2 bridgehead atoms. The number of benzene rings is 2. The fourth-order valence-electron chi connectivity index (χ4n) is 5.96. The van der Waals surface area contributed by atoms with E-state index in [2.05, 4.69) is 63.3 Å². The lowest BCUT2D eigenvalue weighted by molar-refractivity contribution is -0.000248. The van der Waals surface area contributed by atoms with Gasteiger partial charge in [-0.1, -0.05) is 64.0 Å². The van der Waals surface area contributed by atoms with E-state index in [9.17, 15) is 0 Å². The van der Waals surface area contributed by atoms with E-state index in [-0.39, 0.29) is 5.41 Å². The van der Waals surface area contributed by atoms with E-state index in [1.807, 2.05) is 0 Å². The Morgan fingerprint density at radius 1 is 0.897 bits per heavy atom. The molecule has 3 aliphatic rings. The number of ether oxygens (including phenoxy) is 1. The van der Waals surface area contributed by atoms with Crippen molar-refractivity contribution in [3.05, 3.63) is 47.5 Å². The van der Waals surface area contributed by atoms with Crippen molar-refractivity contribution in [3.8, 4) is 5.75 Å². The molecule has 1 heterocycles. The molecular formula is C26H30Cl2O. The molecule has 5 rings (SSSR count). The molecule has 0 aromatic heterocycles. The zero-order chi connectivity index (χ0) is 20.5. The van der Waals surface area contributed by atoms with Crippen LogP contribution in [0.4, 0.5) is 0 Å². The second-order valence-electron chi connectivity index (χ2n) is 10.3. The van der Waals surface area contributed by atoms with E-state index in [1.54, 1.807) is 0 Å². The van der Waals surface area contributed by atoms with Crippen molar-refractivity contribution in [2.75, 3.05) is 0 Å². The Labute approximate surface area is 184 Å². The van der Waals surface area contributed by atoms with Crippen LogP contribution < -0.4 is 4.74 Å². The van der Waals surface area contributed by atoms with Gasteiger partial charge in [-0.05, 0) is 60.6 Å². The molecule has 0 radical (unpaired) electrons. The minimum atomic E-state index is -0.663. The van der Waals surface area contributed by atoms with Crippen LogP contribution in [-0.2, 0) is 5.41 Å². The smallest absolute Gasteiger partial charge is 0.165 e. The number of halogens is 2. The molecule has 1 aliphatic heterocycles. The third kappa shape index (κ3) is 2.73. The summed E-state index contributed by atoms with van der Waals surface area (Å²) in [5, 5.41) is 2.37. The van der Waals surface area contributed by atoms with Gasteiger partial charge >= 0.3 is 0 Å². The van der Waals surface area contributed by atoms with Crippen LogP contribution in [0.3, 0.4) is 0 Å². The fraction of sp³-hybridized carbons (Fsp3) is 0.538. The topological polar surface area (TPSA) is 9.23 Å². The standard InChI is InChI=1S/C26H30Cl2O/c1-23(2,3)21-17-18-9-4-5-10-19(18)22-20(21)11-16-26(29-22)24(27)12-6-7-13-25(26,28)15-8-14-24/h4-5,9-11,16-17H,6-8,12-15H2,1-3H3. The molecule has 3 heteroatoms. The highest BCUT2D eigenvalue weighted by Crippen LogP contribution is 2.61. The summed E-state index contributed by atoms with van der Waals surface area (Å²) < 4.78 is 7.11. The fourth-order valence-corrected chi connectivity index (χ4v) is 7.10. The van der Waals surface area contributed by atoms with Gasteiger partial charge in [0.2, 0.25) is 0 Å². The van der Waals surface area contributed by atoms with Crippen molar-refractivity contribution in [2.45, 2.75) is 86.5 Å². The van der Waals surface area contributed by atoms with Gasteiger partial charge in [-0.3, -0.25) is 0 Å². The number of hydrogen-bond donors (Lipinski definition) is 0. The van der Waals surface area contributed by atoms with E-state index in [1.165, 1.54) is 16.5 Å². The molecule has 2 aromatic carbocycles. The van der Waals surface area contributed by atoms with Crippen LogP contribution in [0.1, 0.15) is 76.8 Å². The number of fused-ring (bicyclic) bond motifs is 3. The second-order valence-corrected chi connectivity index (χ2v) is 11.7. The summed E-state index contributed by atoms with van der Waals surface area (Å²) >= 11 is 14.8. The highest BCUT2D eigenvalue weighted by atomic mass is 35.5. The monoisotopic (exact) mass is 428 g/mol. The molecule has 0 amide bonds. The molecule has 2 aliphatic carbocycles. The lowest BCUT2D eigenvalue weighted by atomic mass is 9.64. The average Bonchev–Trinajstić information content (AvgIpc) is 2.73. The number of rotatable bonds is 0. The highest BCUT2D eigenvalue weighted by molar-refractivity contribution is 6.30. The van der Waals surface area contributed by atoms with Crippen molar-refractivity contribution in [2.24, 2.45) is 0 Å². The van der Waals surface area contributed by atoms with Gasteiger partial charge in [0.1, 0.15) is 5.75 Å². The molecule has 0 saturated heterocycles. The molecule has 29 heavy (non-hydrogen) atoms. The van der Waals surface area contributed by atoms with Crippen LogP contribution in [-0.4, -0.2) is 15.3 Å². The maximum atomic E-state index is 7.42. The predicted octanol–water partition coefficient (Wildman–Crippen LogP) is 7.99. The number of hydrogen-bond acceptors (Lipinski definition) is 1. The lowest BCUT2D eigenvalue weighted by Gasteiger charge is -2.57. The van der Waals surface area contributed by atoms with Crippen LogP contribution in [0.15, 0.2) is 36.4 Å². The molecule has 2 saturated carbocycles. The molecule has 1 spiro atoms. The Morgan fingerprint density at radius 2 is 1.52 bits per heavy atom. The van der Waals surface area contributed by atoms with Crippen molar-refractivity contribution in [3.63, 3.8) is 0 Å². The zero-order valence-corrected chi connectivity index (χ0v) is 19.2. The summed E-state index contributed by atoms with van der Waals surface area (Å²) in [6, 6.07) is 10.9. The third-order valence-corrected chi connectivity index (χ3v) is 8.79. The zero-order valence-electron chi connectivity index (χ0n) is 17.7. The first-order valence-corrected chi connectivity index (χ1v) is 11.8. The first kappa shape index (κ1) is 19.8. The van der Waals surface area contributed by atoms with E-state index < -0.39 is 15.3 Å². The Balaban J connectivity index is 1.79. The van der Waals surface area contributed by atoms with Crippen LogP contribution >= 0.6 is 23.2 Å². The van der Waals surface area contributed by atoms with Gasteiger partial charge in [0.15, 0.2) is 5.60 Å².